The van der Waals surface area contributed by atoms with Crippen LogP contribution in [0.25, 0.3) is 0 Å². The van der Waals surface area contributed by atoms with E-state index in [1.54, 1.807) is 0 Å². The minimum atomic E-state index is -4.54. The fourth-order valence-electron chi connectivity index (χ4n) is 0.0471. The molecule has 0 saturated heterocycles. The standard InChI is InChI=1S/CHNO4S.Mg.2H/c2-1-6-7(3,4)5;;;/h(H,3,4,5);;;. The van der Waals surface area contributed by atoms with Gasteiger partial charge < -0.3 is 0 Å². The number of nitrogens with zero attached hydrogens (tertiary/aromatic N) is 1. The lowest BCUT2D eigenvalue weighted by molar-refractivity contribution is 0.367. The third-order valence-electron chi connectivity index (χ3n) is 0.143. The molecular weight excluding hydrogens is 146 g/mol. The summed E-state index contributed by atoms with van der Waals surface area (Å²) in [5.74, 6) is 0. The molecule has 0 aliphatic heterocycles. The maximum absolute atomic E-state index is 9.34. The minimum absolute atomic E-state index is 0. The van der Waals surface area contributed by atoms with Gasteiger partial charge in [0.15, 0.2) is 0 Å². The highest BCUT2D eigenvalue weighted by molar-refractivity contribution is 7.81. The molecule has 0 spiro atoms. The monoisotopic (exact) mass is 149 g/mol. The predicted molar refractivity (Wildman–Crippen MR) is 26.8 cm³/mol. The van der Waals surface area contributed by atoms with Crippen LogP contribution in [0.2, 0.25) is 0 Å². The van der Waals surface area contributed by atoms with Gasteiger partial charge in [-0.05, 0) is 0 Å². The van der Waals surface area contributed by atoms with Crippen LogP contribution in [0, 0.1) is 11.5 Å². The van der Waals surface area contributed by atoms with E-state index in [1.165, 1.54) is 0 Å². The summed E-state index contributed by atoms with van der Waals surface area (Å²) in [5.41, 5.74) is 0. The van der Waals surface area contributed by atoms with Crippen LogP contribution in [-0.4, -0.2) is 36.0 Å². The van der Waals surface area contributed by atoms with Crippen LogP contribution < -0.4 is 0 Å². The zero-order chi connectivity index (χ0) is 5.91. The molecule has 0 heterocycles. The Morgan fingerprint density at radius 3 is 2.00 bits per heavy atom. The van der Waals surface area contributed by atoms with E-state index in [0.717, 1.165) is 6.26 Å². The van der Waals surface area contributed by atoms with Gasteiger partial charge in [-0.25, -0.2) is 0 Å². The van der Waals surface area contributed by atoms with Gasteiger partial charge >= 0.3 is 39.7 Å². The first-order chi connectivity index (χ1) is 3.06. The molecule has 0 bridgehead atoms. The molecule has 0 amide bonds. The van der Waals surface area contributed by atoms with E-state index in [-0.39, 0.29) is 23.1 Å². The molecular formula is CH3MgNO4S. The van der Waals surface area contributed by atoms with Crippen molar-refractivity contribution in [3.05, 3.63) is 0 Å². The van der Waals surface area contributed by atoms with Gasteiger partial charge in [0.25, 0.3) is 0 Å². The molecule has 0 aromatic rings. The Balaban J connectivity index is 0. The lowest BCUT2D eigenvalue weighted by Gasteiger charge is -1.80. The van der Waals surface area contributed by atoms with Gasteiger partial charge in [-0.15, -0.1) is 5.26 Å². The summed E-state index contributed by atoms with van der Waals surface area (Å²) in [4.78, 5) is 0. The molecule has 0 rings (SSSR count). The second-order valence-electron chi connectivity index (χ2n) is 0.602. The highest BCUT2D eigenvalue weighted by Gasteiger charge is 1.99. The van der Waals surface area contributed by atoms with E-state index in [1.807, 2.05) is 0 Å². The topological polar surface area (TPSA) is 87.4 Å². The van der Waals surface area contributed by atoms with Crippen molar-refractivity contribution in [3.63, 3.8) is 0 Å². The first kappa shape index (κ1) is 10.9. The molecule has 0 aromatic heterocycles. The normalized spacial score (nSPS) is 8.50. The number of hydrogen-bond acceptors (Lipinski definition) is 4. The van der Waals surface area contributed by atoms with Gasteiger partial charge in [-0.3, -0.25) is 8.74 Å². The first-order valence-corrected chi connectivity index (χ1v) is 2.48. The molecule has 1 N–H and O–H groups in total. The fraction of sp³-hybridized carbons (Fsp3) is 0. The van der Waals surface area contributed by atoms with Gasteiger partial charge in [0.05, 0.1) is 0 Å². The third kappa shape index (κ3) is 9.35. The predicted octanol–water partition coefficient (Wildman–Crippen LogP) is -1.63. The Bertz CT molecular complexity index is 177. The Morgan fingerprint density at radius 1 is 1.62 bits per heavy atom. The van der Waals surface area contributed by atoms with Crippen LogP contribution in [0.5, 0.6) is 0 Å². The van der Waals surface area contributed by atoms with E-state index >= 15 is 0 Å². The Hall–Kier alpha value is -0.0338. The van der Waals surface area contributed by atoms with Crippen molar-refractivity contribution >= 4 is 33.5 Å². The number of rotatable bonds is 1. The number of nitriles is 1. The van der Waals surface area contributed by atoms with Crippen molar-refractivity contribution in [1.29, 1.82) is 5.26 Å². The zero-order valence-corrected chi connectivity index (χ0v) is 3.84. The molecule has 0 atom stereocenters. The molecule has 0 radical (unpaired) electrons. The zero-order valence-electron chi connectivity index (χ0n) is 3.03. The van der Waals surface area contributed by atoms with Crippen molar-refractivity contribution in [3.8, 4) is 6.26 Å². The first-order valence-electron chi connectivity index (χ1n) is 1.11. The molecule has 5 nitrogen and oxygen atoms in total. The van der Waals surface area contributed by atoms with Crippen LogP contribution >= 0.6 is 0 Å². The Morgan fingerprint density at radius 2 is 2.00 bits per heavy atom. The van der Waals surface area contributed by atoms with Crippen LogP contribution in [-0.2, 0) is 14.6 Å². The van der Waals surface area contributed by atoms with Crippen LogP contribution in [0.3, 0.4) is 0 Å². The smallest absolute Gasteiger partial charge is 0.281 e. The average Bonchev–Trinajstić information content (AvgIpc) is 1.30. The molecule has 7 heteroatoms. The summed E-state index contributed by atoms with van der Waals surface area (Å²) in [6, 6.07) is 0. The van der Waals surface area contributed by atoms with Gasteiger partial charge in [0, 0.05) is 0 Å². The van der Waals surface area contributed by atoms with Crippen molar-refractivity contribution in [2.75, 3.05) is 0 Å². The molecule has 8 heavy (non-hydrogen) atoms. The molecule has 0 aliphatic carbocycles. The summed E-state index contributed by atoms with van der Waals surface area (Å²) in [7, 11) is -4.54. The largest absolute Gasteiger partial charge is 0.456 e. The third-order valence-corrected chi connectivity index (χ3v) is 0.428. The number of hydrogen-bond donors (Lipinski definition) is 1. The molecule has 0 saturated carbocycles. The molecule has 0 aliphatic rings. The summed E-state index contributed by atoms with van der Waals surface area (Å²) < 4.78 is 29.3. The van der Waals surface area contributed by atoms with Crippen molar-refractivity contribution in [2.24, 2.45) is 0 Å². The summed E-state index contributed by atoms with van der Waals surface area (Å²) in [5, 5.41) is 7.39. The SMILES string of the molecule is N#COS(=O)(=O)O.[MgH2]. The van der Waals surface area contributed by atoms with Crippen molar-refractivity contribution < 1.29 is 17.2 Å². The molecule has 0 aromatic carbocycles. The van der Waals surface area contributed by atoms with Gasteiger partial charge in [-0.1, -0.05) is 0 Å². The lowest BCUT2D eigenvalue weighted by atomic mass is 11.6. The fourth-order valence-corrected chi connectivity index (χ4v) is 0.141. The minimum Gasteiger partial charge on any atom is -0.281 e. The van der Waals surface area contributed by atoms with Crippen molar-refractivity contribution in [1.82, 2.24) is 0 Å². The molecule has 0 unspecified atom stereocenters. The highest BCUT2D eigenvalue weighted by atomic mass is 32.3. The van der Waals surface area contributed by atoms with E-state index in [0.29, 0.717) is 0 Å². The second-order valence-corrected chi connectivity index (χ2v) is 1.62. The lowest BCUT2D eigenvalue weighted by Crippen LogP contribution is -1.96. The van der Waals surface area contributed by atoms with E-state index in [9.17, 15) is 8.42 Å². The highest BCUT2D eigenvalue weighted by Crippen LogP contribution is 1.78. The molecule has 0 fully saturated rings. The van der Waals surface area contributed by atoms with Crippen LogP contribution in [0.1, 0.15) is 0 Å². The second kappa shape index (κ2) is 3.91. The Labute approximate surface area is 62.4 Å². The quantitative estimate of drug-likeness (QED) is 0.275. The van der Waals surface area contributed by atoms with Gasteiger partial charge in [-0.2, -0.15) is 8.42 Å². The van der Waals surface area contributed by atoms with Crippen LogP contribution in [0.4, 0.5) is 0 Å². The van der Waals surface area contributed by atoms with Gasteiger partial charge in [0.1, 0.15) is 0 Å². The van der Waals surface area contributed by atoms with Gasteiger partial charge in [0.2, 0.25) is 0 Å². The van der Waals surface area contributed by atoms with E-state index in [4.69, 9.17) is 9.81 Å². The summed E-state index contributed by atoms with van der Waals surface area (Å²) >= 11 is 0. The summed E-state index contributed by atoms with van der Waals surface area (Å²) in [6.07, 6.45) is 0.770. The molecule has 44 valence electrons. The van der Waals surface area contributed by atoms with Crippen molar-refractivity contribution in [2.45, 2.75) is 0 Å². The average molecular weight is 149 g/mol. The maximum atomic E-state index is 9.34. The van der Waals surface area contributed by atoms with Crippen LogP contribution in [0.15, 0.2) is 0 Å². The van der Waals surface area contributed by atoms with E-state index in [2.05, 4.69) is 4.18 Å². The van der Waals surface area contributed by atoms with E-state index < -0.39 is 10.4 Å². The summed E-state index contributed by atoms with van der Waals surface area (Å²) in [6.45, 7) is 0. The Kier molecular flexibility index (Phi) is 5.30. The maximum Gasteiger partial charge on any atom is 0.456 e.